The van der Waals surface area contributed by atoms with Crippen molar-refractivity contribution in [2.24, 2.45) is 11.8 Å². The maximum absolute atomic E-state index is 14.6. The Bertz CT molecular complexity index is 1670. The Labute approximate surface area is 254 Å². The van der Waals surface area contributed by atoms with E-state index in [1.807, 2.05) is 6.07 Å². The summed E-state index contributed by atoms with van der Waals surface area (Å²) in [6.45, 7) is 0.245. The van der Waals surface area contributed by atoms with E-state index in [1.54, 1.807) is 29.2 Å². The highest BCUT2D eigenvalue weighted by Gasteiger charge is 2.61. The number of amides is 1. The lowest BCUT2D eigenvalue weighted by Crippen LogP contribution is -2.53. The Morgan fingerprint density at radius 2 is 1.65 bits per heavy atom. The Morgan fingerprint density at radius 1 is 0.953 bits per heavy atom. The van der Waals surface area contributed by atoms with Gasteiger partial charge in [-0.25, -0.2) is 17.2 Å². The number of aryl methyl sites for hydroxylation is 1. The molecular weight excluding hydrogens is 596 g/mol. The van der Waals surface area contributed by atoms with E-state index in [2.05, 4.69) is 0 Å². The van der Waals surface area contributed by atoms with Gasteiger partial charge >= 0.3 is 5.97 Å². The van der Waals surface area contributed by atoms with Crippen molar-refractivity contribution in [2.45, 2.75) is 67.1 Å². The molecule has 226 valence electrons. The summed E-state index contributed by atoms with van der Waals surface area (Å²) in [5, 5.41) is 9.70. The minimum Gasteiger partial charge on any atom is -0.481 e. The molecule has 1 saturated carbocycles. The molecule has 3 aromatic rings. The molecular formula is C33H32ClF2NO5S. The minimum absolute atomic E-state index is 0.00905. The van der Waals surface area contributed by atoms with Crippen LogP contribution in [0.5, 0.6) is 0 Å². The predicted molar refractivity (Wildman–Crippen MR) is 157 cm³/mol. The van der Waals surface area contributed by atoms with Gasteiger partial charge in [-0.05, 0) is 98.0 Å². The molecule has 43 heavy (non-hydrogen) atoms. The van der Waals surface area contributed by atoms with Crippen LogP contribution in [-0.2, 0) is 37.0 Å². The summed E-state index contributed by atoms with van der Waals surface area (Å²) in [7, 11) is -4.11. The number of carbonyl (C=O) groups excluding carboxylic acids is 1. The van der Waals surface area contributed by atoms with Crippen LogP contribution in [0.4, 0.5) is 8.78 Å². The van der Waals surface area contributed by atoms with Gasteiger partial charge in [0.05, 0.1) is 16.9 Å². The maximum atomic E-state index is 14.6. The molecule has 0 bridgehead atoms. The first-order valence-electron chi connectivity index (χ1n) is 14.6. The second kappa shape index (κ2) is 11.3. The summed E-state index contributed by atoms with van der Waals surface area (Å²) in [5.74, 6) is -2.75. The zero-order chi connectivity index (χ0) is 30.5. The lowest BCUT2D eigenvalue weighted by atomic mass is 9.77. The topological polar surface area (TPSA) is 91.8 Å². The van der Waals surface area contributed by atoms with Gasteiger partial charge in [0.25, 0.3) is 0 Å². The molecule has 2 atom stereocenters. The average Bonchev–Trinajstić information content (AvgIpc) is 3.40. The molecule has 0 unspecified atom stereocenters. The van der Waals surface area contributed by atoms with Gasteiger partial charge in [0, 0.05) is 29.5 Å². The number of sulfone groups is 1. The number of carboxylic acids is 1. The zero-order valence-corrected chi connectivity index (χ0v) is 25.0. The van der Waals surface area contributed by atoms with Gasteiger partial charge in [0.2, 0.25) is 5.91 Å². The number of carbonyl (C=O) groups is 2. The molecule has 3 aromatic carbocycles. The fraction of sp³-hybridized carbons (Fsp3) is 0.394. The molecule has 6 rings (SSSR count). The lowest BCUT2D eigenvalue weighted by molar-refractivity contribution is -0.146. The van der Waals surface area contributed by atoms with Crippen molar-refractivity contribution in [3.05, 3.63) is 99.6 Å². The second-order valence-electron chi connectivity index (χ2n) is 11.9. The summed E-state index contributed by atoms with van der Waals surface area (Å²) in [4.78, 5) is 27.1. The predicted octanol–water partition coefficient (Wildman–Crippen LogP) is 6.32. The smallest absolute Gasteiger partial charge is 0.306 e. The Kier molecular flexibility index (Phi) is 7.84. The molecule has 1 saturated heterocycles. The first kappa shape index (κ1) is 29.8. The number of benzene rings is 3. The third-order valence-electron chi connectivity index (χ3n) is 9.71. The van der Waals surface area contributed by atoms with E-state index in [0.717, 1.165) is 23.3 Å². The van der Waals surface area contributed by atoms with Crippen LogP contribution in [0, 0.1) is 23.5 Å². The third-order valence-corrected chi connectivity index (χ3v) is 12.6. The number of aliphatic carboxylic acids is 1. The molecule has 0 spiro atoms. The van der Waals surface area contributed by atoms with Crippen LogP contribution in [0.2, 0.25) is 5.02 Å². The average molecular weight is 628 g/mol. The van der Waals surface area contributed by atoms with E-state index in [0.29, 0.717) is 54.7 Å². The summed E-state index contributed by atoms with van der Waals surface area (Å²) < 4.78 is 56.1. The highest BCUT2D eigenvalue weighted by atomic mass is 35.5. The van der Waals surface area contributed by atoms with Crippen molar-refractivity contribution in [1.29, 1.82) is 0 Å². The molecule has 0 aromatic heterocycles. The number of nitrogens with zero attached hydrogens (tertiary/aromatic N) is 1. The summed E-state index contributed by atoms with van der Waals surface area (Å²) in [6, 6.07) is 14.2. The van der Waals surface area contributed by atoms with Crippen LogP contribution in [0.25, 0.3) is 0 Å². The lowest BCUT2D eigenvalue weighted by Gasteiger charge is -2.43. The number of rotatable bonds is 6. The van der Waals surface area contributed by atoms with Gasteiger partial charge in [-0.15, -0.1) is 0 Å². The molecule has 2 aliphatic carbocycles. The van der Waals surface area contributed by atoms with E-state index in [1.165, 1.54) is 18.2 Å². The van der Waals surface area contributed by atoms with Crippen molar-refractivity contribution in [1.82, 2.24) is 4.90 Å². The molecule has 0 radical (unpaired) electrons. The largest absolute Gasteiger partial charge is 0.481 e. The monoisotopic (exact) mass is 627 g/mol. The van der Waals surface area contributed by atoms with Crippen LogP contribution in [0.3, 0.4) is 0 Å². The van der Waals surface area contributed by atoms with Crippen LogP contribution in [0.1, 0.15) is 60.8 Å². The van der Waals surface area contributed by atoms with Crippen LogP contribution in [-0.4, -0.2) is 42.9 Å². The SMILES string of the molecule is O=C(O)[C@H]1CC[C@H](C(=O)N2CC[C@@]3(S(=O)(=O)c4ccc(F)cc4)c4ccc(Cc5c(F)cccc5Cl)cc4CC[C@@H]23)CC1. The molecule has 3 aliphatic rings. The summed E-state index contributed by atoms with van der Waals surface area (Å²) in [6.07, 6.45) is 3.09. The van der Waals surface area contributed by atoms with Gasteiger partial charge in [0.1, 0.15) is 16.4 Å². The van der Waals surface area contributed by atoms with Crippen LogP contribution >= 0.6 is 11.6 Å². The number of fused-ring (bicyclic) bond motifs is 3. The van der Waals surface area contributed by atoms with Gasteiger partial charge in [-0.3, -0.25) is 9.59 Å². The van der Waals surface area contributed by atoms with Gasteiger partial charge in [-0.1, -0.05) is 35.9 Å². The molecule has 10 heteroatoms. The van der Waals surface area contributed by atoms with Crippen molar-refractivity contribution < 1.29 is 31.9 Å². The molecule has 1 amide bonds. The van der Waals surface area contributed by atoms with Crippen molar-refractivity contribution in [3.8, 4) is 0 Å². The van der Waals surface area contributed by atoms with Crippen LogP contribution in [0.15, 0.2) is 65.6 Å². The molecule has 1 aliphatic heterocycles. The first-order valence-corrected chi connectivity index (χ1v) is 16.5. The normalized spacial score (nSPS) is 25.2. The van der Waals surface area contributed by atoms with Crippen LogP contribution < -0.4 is 0 Å². The fourth-order valence-electron chi connectivity index (χ4n) is 7.51. The van der Waals surface area contributed by atoms with E-state index in [-0.39, 0.29) is 36.1 Å². The highest BCUT2D eigenvalue weighted by Crippen LogP contribution is 2.53. The summed E-state index contributed by atoms with van der Waals surface area (Å²) >= 11 is 6.28. The Hall–Kier alpha value is -3.30. The Morgan fingerprint density at radius 3 is 2.33 bits per heavy atom. The minimum atomic E-state index is -4.11. The number of hydrogen-bond acceptors (Lipinski definition) is 4. The number of hydrogen-bond donors (Lipinski definition) is 1. The molecule has 2 fully saturated rings. The molecule has 1 heterocycles. The van der Waals surface area contributed by atoms with E-state index >= 15 is 0 Å². The van der Waals surface area contributed by atoms with Crippen molar-refractivity contribution >= 4 is 33.3 Å². The molecule has 1 N–H and O–H groups in total. The van der Waals surface area contributed by atoms with Gasteiger partial charge in [0.15, 0.2) is 9.84 Å². The Balaban J connectivity index is 1.39. The standard InChI is InChI=1S/C33H32ClF2NO5S/c34-28-2-1-3-29(36)26(28)19-20-4-14-27-23(18-20)9-15-30-33(27,43(41,42)25-12-10-24(35)11-13-25)16-17-37(30)31(38)21-5-7-22(8-6-21)32(39)40/h1-4,10-14,18,21-22,30H,5-9,15-17,19H2,(H,39,40)/t21-,22-,30-,33-/m1/s1. The number of carboxylic acid groups (broad SMARTS) is 1. The summed E-state index contributed by atoms with van der Waals surface area (Å²) in [5.41, 5.74) is 2.59. The second-order valence-corrected chi connectivity index (χ2v) is 14.6. The maximum Gasteiger partial charge on any atom is 0.306 e. The molecule has 6 nitrogen and oxygen atoms in total. The fourth-order valence-corrected chi connectivity index (χ4v) is 10.1. The zero-order valence-electron chi connectivity index (χ0n) is 23.4. The van der Waals surface area contributed by atoms with Gasteiger partial charge < -0.3 is 10.0 Å². The van der Waals surface area contributed by atoms with E-state index < -0.39 is 44.1 Å². The third kappa shape index (κ3) is 5.04. The first-order chi connectivity index (χ1) is 20.5. The van der Waals surface area contributed by atoms with E-state index in [9.17, 15) is 31.9 Å². The van der Waals surface area contributed by atoms with E-state index in [4.69, 9.17) is 11.6 Å². The number of likely N-dealkylation sites (tertiary alicyclic amines) is 1. The van der Waals surface area contributed by atoms with Gasteiger partial charge in [-0.2, -0.15) is 0 Å². The highest BCUT2D eigenvalue weighted by molar-refractivity contribution is 7.92. The van der Waals surface area contributed by atoms with Crippen molar-refractivity contribution in [3.63, 3.8) is 0 Å². The number of halogens is 3. The van der Waals surface area contributed by atoms with Crippen molar-refractivity contribution in [2.75, 3.05) is 6.54 Å². The quantitative estimate of drug-likeness (QED) is 0.323.